The van der Waals surface area contributed by atoms with Gasteiger partial charge in [0, 0.05) is 11.4 Å². The lowest BCUT2D eigenvalue weighted by Crippen LogP contribution is -2.16. The fraction of sp³-hybridized carbons (Fsp3) is 0.520. The molecule has 0 radical (unpaired) electrons. The van der Waals surface area contributed by atoms with Crippen LogP contribution in [0, 0.1) is 18.3 Å². The minimum absolute atomic E-state index is 0.361. The summed E-state index contributed by atoms with van der Waals surface area (Å²) >= 11 is 1.70. The van der Waals surface area contributed by atoms with Crippen LogP contribution in [0.15, 0.2) is 53.4 Å². The second kappa shape index (κ2) is 11.6. The Morgan fingerprint density at radius 3 is 1.93 bits per heavy atom. The summed E-state index contributed by atoms with van der Waals surface area (Å²) in [6.45, 7) is 18.7. The predicted molar refractivity (Wildman–Crippen MR) is 123 cm³/mol. The van der Waals surface area contributed by atoms with Crippen molar-refractivity contribution in [3.05, 3.63) is 65.2 Å². The smallest absolute Gasteiger partial charge is 0.0313 e. The first-order chi connectivity index (χ1) is 12.7. The van der Waals surface area contributed by atoms with Crippen molar-refractivity contribution < 1.29 is 0 Å². The van der Waals surface area contributed by atoms with E-state index in [2.05, 4.69) is 94.8 Å². The first kappa shape index (κ1) is 23.8. The van der Waals surface area contributed by atoms with Crippen LogP contribution in [0.1, 0.15) is 77.5 Å². The van der Waals surface area contributed by atoms with E-state index < -0.39 is 0 Å². The first-order valence-corrected chi connectivity index (χ1v) is 11.1. The zero-order valence-electron chi connectivity index (χ0n) is 18.6. The summed E-state index contributed by atoms with van der Waals surface area (Å²) in [4.78, 5) is 1.26. The van der Waals surface area contributed by atoms with Crippen molar-refractivity contribution in [2.24, 2.45) is 11.3 Å². The van der Waals surface area contributed by atoms with Crippen LogP contribution in [0.5, 0.6) is 0 Å². The molecule has 0 aliphatic heterocycles. The SMILES string of the molecule is CC.Cc1ccc(SNCc2ccc(C(CC(C)(C)C)C(C)C)cc2)cc1. The fourth-order valence-corrected chi connectivity index (χ4v) is 3.77. The molecule has 0 saturated heterocycles. The molecule has 0 bridgehead atoms. The average Bonchev–Trinajstić information content (AvgIpc) is 2.63. The van der Waals surface area contributed by atoms with Crippen LogP contribution in [-0.4, -0.2) is 0 Å². The Hall–Kier alpha value is -1.25. The molecule has 1 nitrogen and oxygen atoms in total. The topological polar surface area (TPSA) is 12.0 Å². The maximum Gasteiger partial charge on any atom is 0.0313 e. The Kier molecular flexibility index (Phi) is 10.2. The fourth-order valence-electron chi connectivity index (χ4n) is 3.09. The Bertz CT molecular complexity index is 636. The lowest BCUT2D eigenvalue weighted by molar-refractivity contribution is 0.301. The van der Waals surface area contributed by atoms with Gasteiger partial charge < -0.3 is 0 Å². The molecule has 0 aromatic heterocycles. The van der Waals surface area contributed by atoms with Gasteiger partial charge in [0.15, 0.2) is 0 Å². The van der Waals surface area contributed by atoms with Crippen LogP contribution in [0.2, 0.25) is 0 Å². The van der Waals surface area contributed by atoms with Crippen molar-refractivity contribution in [1.82, 2.24) is 4.72 Å². The Labute approximate surface area is 172 Å². The predicted octanol–water partition coefficient (Wildman–Crippen LogP) is 7.99. The molecule has 0 spiro atoms. The van der Waals surface area contributed by atoms with E-state index in [1.54, 1.807) is 11.9 Å². The monoisotopic (exact) mass is 385 g/mol. The van der Waals surface area contributed by atoms with Gasteiger partial charge in [-0.3, -0.25) is 4.72 Å². The molecule has 27 heavy (non-hydrogen) atoms. The molecule has 0 aliphatic rings. The van der Waals surface area contributed by atoms with Crippen molar-refractivity contribution in [3.63, 3.8) is 0 Å². The molecular formula is C25H39NS. The number of hydrogen-bond acceptors (Lipinski definition) is 2. The van der Waals surface area contributed by atoms with Gasteiger partial charge in [-0.05, 0) is 65.8 Å². The summed E-state index contributed by atoms with van der Waals surface area (Å²) in [5.74, 6) is 1.30. The Morgan fingerprint density at radius 2 is 1.44 bits per heavy atom. The second-order valence-electron chi connectivity index (χ2n) is 8.59. The molecule has 2 aromatic rings. The van der Waals surface area contributed by atoms with E-state index in [4.69, 9.17) is 0 Å². The average molecular weight is 386 g/mol. The van der Waals surface area contributed by atoms with Crippen molar-refractivity contribution in [3.8, 4) is 0 Å². The van der Waals surface area contributed by atoms with Gasteiger partial charge in [-0.1, -0.05) is 90.4 Å². The standard InChI is InChI=1S/C23H33NS.C2H6/c1-17(2)22(15-23(4,5)6)20-11-9-19(10-12-20)16-24-25-21-13-7-18(3)8-14-21;1-2/h7-14,17,22,24H,15-16H2,1-6H3;1-2H3. The highest BCUT2D eigenvalue weighted by Gasteiger charge is 2.22. The highest BCUT2D eigenvalue weighted by Crippen LogP contribution is 2.36. The van der Waals surface area contributed by atoms with Crippen LogP contribution < -0.4 is 4.72 Å². The zero-order valence-corrected chi connectivity index (χ0v) is 19.4. The van der Waals surface area contributed by atoms with Crippen molar-refractivity contribution in [2.75, 3.05) is 0 Å². The molecule has 1 atom stereocenters. The molecular weight excluding hydrogens is 346 g/mol. The van der Waals surface area contributed by atoms with Gasteiger partial charge in [-0.15, -0.1) is 0 Å². The molecule has 0 aliphatic carbocycles. The summed E-state index contributed by atoms with van der Waals surface area (Å²) < 4.78 is 3.46. The third-order valence-electron chi connectivity index (χ3n) is 4.53. The van der Waals surface area contributed by atoms with Crippen LogP contribution in [0.4, 0.5) is 0 Å². The van der Waals surface area contributed by atoms with Gasteiger partial charge in [0.25, 0.3) is 0 Å². The van der Waals surface area contributed by atoms with Gasteiger partial charge in [0.2, 0.25) is 0 Å². The molecule has 0 heterocycles. The van der Waals surface area contributed by atoms with E-state index in [0.29, 0.717) is 17.3 Å². The van der Waals surface area contributed by atoms with Crippen molar-refractivity contribution in [1.29, 1.82) is 0 Å². The van der Waals surface area contributed by atoms with Crippen LogP contribution in [0.3, 0.4) is 0 Å². The van der Waals surface area contributed by atoms with Gasteiger partial charge in [-0.25, -0.2) is 0 Å². The number of benzene rings is 2. The molecule has 1 unspecified atom stereocenters. The highest BCUT2D eigenvalue weighted by atomic mass is 32.2. The van der Waals surface area contributed by atoms with Gasteiger partial charge in [-0.2, -0.15) is 0 Å². The van der Waals surface area contributed by atoms with E-state index in [1.807, 2.05) is 13.8 Å². The Morgan fingerprint density at radius 1 is 0.889 bits per heavy atom. The van der Waals surface area contributed by atoms with Crippen LogP contribution >= 0.6 is 11.9 Å². The lowest BCUT2D eigenvalue weighted by atomic mass is 9.76. The third kappa shape index (κ3) is 8.99. The lowest BCUT2D eigenvalue weighted by Gasteiger charge is -2.29. The molecule has 2 aromatic carbocycles. The first-order valence-electron chi connectivity index (χ1n) is 10.3. The van der Waals surface area contributed by atoms with E-state index in [0.717, 1.165) is 6.54 Å². The quantitative estimate of drug-likeness (QED) is 0.485. The maximum absolute atomic E-state index is 3.46. The second-order valence-corrected chi connectivity index (χ2v) is 9.56. The minimum atomic E-state index is 0.361. The molecule has 2 rings (SSSR count). The molecule has 1 N–H and O–H groups in total. The Balaban J connectivity index is 0.00000176. The molecule has 2 heteroatoms. The van der Waals surface area contributed by atoms with Gasteiger partial charge in [0.05, 0.1) is 0 Å². The summed E-state index contributed by atoms with van der Waals surface area (Å²) in [6.07, 6.45) is 1.23. The largest absolute Gasteiger partial charge is 0.255 e. The highest BCUT2D eigenvalue weighted by molar-refractivity contribution is 7.97. The zero-order chi connectivity index (χ0) is 20.4. The minimum Gasteiger partial charge on any atom is -0.255 e. The van der Waals surface area contributed by atoms with E-state index in [1.165, 1.54) is 28.0 Å². The number of aryl methyl sites for hydroxylation is 1. The van der Waals surface area contributed by atoms with E-state index >= 15 is 0 Å². The number of rotatable bonds is 7. The van der Waals surface area contributed by atoms with Crippen molar-refractivity contribution in [2.45, 2.75) is 79.2 Å². The number of hydrogen-bond donors (Lipinski definition) is 1. The summed E-state index contributed by atoms with van der Waals surface area (Å²) in [7, 11) is 0. The molecule has 150 valence electrons. The third-order valence-corrected chi connectivity index (χ3v) is 5.33. The van der Waals surface area contributed by atoms with Gasteiger partial charge >= 0.3 is 0 Å². The van der Waals surface area contributed by atoms with E-state index in [-0.39, 0.29) is 0 Å². The summed E-state index contributed by atoms with van der Waals surface area (Å²) in [6, 6.07) is 17.8. The maximum atomic E-state index is 3.46. The van der Waals surface area contributed by atoms with E-state index in [9.17, 15) is 0 Å². The molecule has 0 amide bonds. The van der Waals surface area contributed by atoms with Crippen molar-refractivity contribution >= 4 is 11.9 Å². The molecule has 0 fully saturated rings. The number of nitrogens with one attached hydrogen (secondary N) is 1. The van der Waals surface area contributed by atoms with Crippen LogP contribution in [0.25, 0.3) is 0 Å². The van der Waals surface area contributed by atoms with Crippen LogP contribution in [-0.2, 0) is 6.54 Å². The summed E-state index contributed by atoms with van der Waals surface area (Å²) in [5, 5.41) is 0. The summed E-state index contributed by atoms with van der Waals surface area (Å²) in [5.41, 5.74) is 4.47. The normalized spacial score (nSPS) is 12.5. The van der Waals surface area contributed by atoms with Gasteiger partial charge in [0.1, 0.15) is 0 Å². The molecule has 0 saturated carbocycles.